The largest absolute Gasteiger partial charge is 0.494 e. The molecule has 0 saturated heterocycles. The average molecular weight is 379 g/mol. The van der Waals surface area contributed by atoms with Crippen molar-refractivity contribution in [3.63, 3.8) is 0 Å². The van der Waals surface area contributed by atoms with Crippen molar-refractivity contribution in [2.45, 2.75) is 19.0 Å². The van der Waals surface area contributed by atoms with Crippen molar-refractivity contribution >= 4 is 17.4 Å². The van der Waals surface area contributed by atoms with Crippen LogP contribution in [0.4, 0.5) is 5.69 Å². The van der Waals surface area contributed by atoms with Gasteiger partial charge in [-0.15, -0.1) is 0 Å². The molecule has 2 aromatic rings. The number of rotatable bonds is 6. The third-order valence-electron chi connectivity index (χ3n) is 5.24. The number of amides is 1. The molecule has 1 atom stereocenters. The Morgan fingerprint density at radius 3 is 2.61 bits per heavy atom. The van der Waals surface area contributed by atoms with E-state index < -0.39 is 0 Å². The number of nitrogens with zero attached hydrogens (tertiary/aromatic N) is 2. The fraction of sp³-hybridized carbons (Fsp3) is 0.364. The molecule has 0 radical (unpaired) electrons. The van der Waals surface area contributed by atoms with Crippen molar-refractivity contribution in [3.8, 4) is 5.75 Å². The SMILES string of the molecule is CN(C)CCCOc1ccc(C2NC(=O)c3cccc4c3N2CCC4=O)cc1. The number of anilines is 1. The van der Waals surface area contributed by atoms with Gasteiger partial charge in [0.05, 0.1) is 17.9 Å². The van der Waals surface area contributed by atoms with E-state index in [0.29, 0.717) is 30.7 Å². The first-order chi connectivity index (χ1) is 13.5. The molecule has 1 N–H and O–H groups in total. The monoisotopic (exact) mass is 379 g/mol. The number of carbonyl (C=O) groups excluding carboxylic acids is 2. The van der Waals surface area contributed by atoms with Crippen molar-refractivity contribution in [2.24, 2.45) is 0 Å². The number of Topliss-reactive ketones (excluding diaryl/α,β-unsaturated/α-hetero) is 1. The van der Waals surface area contributed by atoms with Gasteiger partial charge in [0, 0.05) is 25.1 Å². The highest BCUT2D eigenvalue weighted by molar-refractivity contribution is 6.11. The van der Waals surface area contributed by atoms with Crippen molar-refractivity contribution in [2.75, 3.05) is 38.7 Å². The van der Waals surface area contributed by atoms with E-state index in [1.54, 1.807) is 12.1 Å². The van der Waals surface area contributed by atoms with Gasteiger partial charge in [0.2, 0.25) is 0 Å². The van der Waals surface area contributed by atoms with Gasteiger partial charge in [0.25, 0.3) is 5.91 Å². The Labute approximate surface area is 165 Å². The molecule has 0 saturated carbocycles. The standard InChI is InChI=1S/C22H25N3O3/c1-24(2)12-4-14-28-16-9-7-15(8-10-16)21-23-22(27)18-6-3-5-17-19(26)11-13-25(21)20(17)18/h3,5-10,21H,4,11-14H2,1-2H3,(H,23,27). The van der Waals surface area contributed by atoms with Crippen LogP contribution >= 0.6 is 0 Å². The molecule has 6 nitrogen and oxygen atoms in total. The van der Waals surface area contributed by atoms with Gasteiger partial charge in [-0.25, -0.2) is 0 Å². The molecule has 146 valence electrons. The van der Waals surface area contributed by atoms with Gasteiger partial charge in [0.1, 0.15) is 11.9 Å². The van der Waals surface area contributed by atoms with Crippen LogP contribution in [-0.2, 0) is 0 Å². The second-order valence-electron chi connectivity index (χ2n) is 7.52. The summed E-state index contributed by atoms with van der Waals surface area (Å²) < 4.78 is 5.80. The molecule has 0 spiro atoms. The fourth-order valence-electron chi connectivity index (χ4n) is 3.85. The first-order valence-corrected chi connectivity index (χ1v) is 9.66. The Morgan fingerprint density at radius 2 is 1.86 bits per heavy atom. The van der Waals surface area contributed by atoms with E-state index in [1.807, 2.05) is 44.4 Å². The van der Waals surface area contributed by atoms with Crippen LogP contribution in [0.3, 0.4) is 0 Å². The molecule has 1 unspecified atom stereocenters. The van der Waals surface area contributed by atoms with Crippen LogP contribution in [0.5, 0.6) is 5.75 Å². The van der Waals surface area contributed by atoms with Gasteiger partial charge in [-0.05, 0) is 50.3 Å². The normalized spacial score (nSPS) is 18.1. The summed E-state index contributed by atoms with van der Waals surface area (Å²) in [6, 6.07) is 13.2. The molecule has 2 aliphatic rings. The van der Waals surface area contributed by atoms with Crippen molar-refractivity contribution in [3.05, 3.63) is 59.2 Å². The van der Waals surface area contributed by atoms with Crippen LogP contribution in [0.1, 0.15) is 45.3 Å². The topological polar surface area (TPSA) is 61.9 Å². The Morgan fingerprint density at radius 1 is 1.11 bits per heavy atom. The van der Waals surface area contributed by atoms with Gasteiger partial charge in [0.15, 0.2) is 5.78 Å². The zero-order valence-electron chi connectivity index (χ0n) is 16.3. The molecule has 2 aliphatic heterocycles. The lowest BCUT2D eigenvalue weighted by Gasteiger charge is -2.42. The molecule has 2 aromatic carbocycles. The maximum atomic E-state index is 12.6. The van der Waals surface area contributed by atoms with Gasteiger partial charge >= 0.3 is 0 Å². The maximum absolute atomic E-state index is 12.6. The molecular weight excluding hydrogens is 354 g/mol. The van der Waals surface area contributed by atoms with E-state index in [1.165, 1.54) is 0 Å². The Hall–Kier alpha value is -2.86. The number of para-hydroxylation sites is 1. The minimum atomic E-state index is -0.281. The number of hydrogen-bond donors (Lipinski definition) is 1. The smallest absolute Gasteiger partial charge is 0.255 e. The predicted octanol–water partition coefficient (Wildman–Crippen LogP) is 2.85. The fourth-order valence-corrected chi connectivity index (χ4v) is 3.85. The van der Waals surface area contributed by atoms with Gasteiger partial charge in [-0.1, -0.05) is 18.2 Å². The zero-order valence-corrected chi connectivity index (χ0v) is 16.3. The minimum absolute atomic E-state index is 0.100. The molecule has 6 heteroatoms. The van der Waals surface area contributed by atoms with E-state index in [2.05, 4.69) is 15.1 Å². The van der Waals surface area contributed by atoms with Crippen LogP contribution in [0.2, 0.25) is 0 Å². The molecular formula is C22H25N3O3. The molecule has 0 bridgehead atoms. The van der Waals surface area contributed by atoms with Gasteiger partial charge < -0.3 is 19.9 Å². The molecule has 28 heavy (non-hydrogen) atoms. The lowest BCUT2D eigenvalue weighted by atomic mass is 9.92. The van der Waals surface area contributed by atoms with Crippen LogP contribution in [0.25, 0.3) is 0 Å². The minimum Gasteiger partial charge on any atom is -0.494 e. The number of benzene rings is 2. The van der Waals surface area contributed by atoms with Crippen LogP contribution in [0.15, 0.2) is 42.5 Å². The van der Waals surface area contributed by atoms with E-state index in [9.17, 15) is 9.59 Å². The number of hydrogen-bond acceptors (Lipinski definition) is 5. The van der Waals surface area contributed by atoms with Crippen molar-refractivity contribution < 1.29 is 14.3 Å². The molecule has 0 aliphatic carbocycles. The quantitative estimate of drug-likeness (QED) is 0.782. The highest BCUT2D eigenvalue weighted by Crippen LogP contribution is 2.39. The molecule has 0 fully saturated rings. The first-order valence-electron chi connectivity index (χ1n) is 9.66. The van der Waals surface area contributed by atoms with Crippen molar-refractivity contribution in [1.29, 1.82) is 0 Å². The van der Waals surface area contributed by atoms with Gasteiger partial charge in [-0.3, -0.25) is 9.59 Å². The average Bonchev–Trinajstić information content (AvgIpc) is 2.70. The highest BCUT2D eigenvalue weighted by Gasteiger charge is 2.37. The third kappa shape index (κ3) is 3.47. The first kappa shape index (κ1) is 18.5. The Bertz CT molecular complexity index is 878. The number of ether oxygens (including phenoxy) is 1. The van der Waals surface area contributed by atoms with Crippen LogP contribution in [0, 0.1) is 0 Å². The molecule has 4 rings (SSSR count). The number of ketones is 1. The number of nitrogens with one attached hydrogen (secondary N) is 1. The summed E-state index contributed by atoms with van der Waals surface area (Å²) in [5.41, 5.74) is 2.95. The zero-order chi connectivity index (χ0) is 19.7. The molecule has 0 aromatic heterocycles. The lowest BCUT2D eigenvalue weighted by Crippen LogP contribution is -2.49. The van der Waals surface area contributed by atoms with E-state index in [0.717, 1.165) is 30.0 Å². The summed E-state index contributed by atoms with van der Waals surface area (Å²) in [4.78, 5) is 29.2. The molecule has 1 amide bonds. The Kier molecular flexibility index (Phi) is 5.05. The summed E-state index contributed by atoms with van der Waals surface area (Å²) in [6.45, 7) is 2.25. The summed E-state index contributed by atoms with van der Waals surface area (Å²) >= 11 is 0. The highest BCUT2D eigenvalue weighted by atomic mass is 16.5. The van der Waals surface area contributed by atoms with Gasteiger partial charge in [-0.2, -0.15) is 0 Å². The predicted molar refractivity (Wildman–Crippen MR) is 108 cm³/mol. The lowest BCUT2D eigenvalue weighted by molar-refractivity contribution is 0.0921. The van der Waals surface area contributed by atoms with E-state index in [4.69, 9.17) is 4.74 Å². The van der Waals surface area contributed by atoms with Crippen LogP contribution in [-0.4, -0.2) is 50.4 Å². The van der Waals surface area contributed by atoms with E-state index >= 15 is 0 Å². The van der Waals surface area contributed by atoms with E-state index in [-0.39, 0.29) is 17.9 Å². The Balaban J connectivity index is 1.53. The molecule has 2 heterocycles. The third-order valence-corrected chi connectivity index (χ3v) is 5.24. The second kappa shape index (κ2) is 7.64. The summed E-state index contributed by atoms with van der Waals surface area (Å²) in [5.74, 6) is 0.777. The second-order valence-corrected chi connectivity index (χ2v) is 7.52. The number of carbonyl (C=O) groups is 2. The maximum Gasteiger partial charge on any atom is 0.255 e. The summed E-state index contributed by atoms with van der Waals surface area (Å²) in [7, 11) is 4.09. The summed E-state index contributed by atoms with van der Waals surface area (Å²) in [5, 5.41) is 3.08. The van der Waals surface area contributed by atoms with Crippen molar-refractivity contribution in [1.82, 2.24) is 10.2 Å². The van der Waals surface area contributed by atoms with Crippen LogP contribution < -0.4 is 15.0 Å². The summed E-state index contributed by atoms with van der Waals surface area (Å²) in [6.07, 6.45) is 1.14.